The van der Waals surface area contributed by atoms with Crippen molar-refractivity contribution in [2.75, 3.05) is 0 Å². The number of rotatable bonds is 1. The van der Waals surface area contributed by atoms with Gasteiger partial charge in [0.2, 0.25) is 0 Å². The van der Waals surface area contributed by atoms with Gasteiger partial charge in [0.15, 0.2) is 11.6 Å². The summed E-state index contributed by atoms with van der Waals surface area (Å²) >= 11 is 0. The van der Waals surface area contributed by atoms with Crippen LogP contribution in [0.15, 0.2) is 11.6 Å². The van der Waals surface area contributed by atoms with Crippen LogP contribution in [0, 0.1) is 28.6 Å². The fraction of sp³-hybridized carbons (Fsp3) is 0.762. The van der Waals surface area contributed by atoms with Crippen molar-refractivity contribution in [2.45, 2.75) is 71.3 Å². The minimum Gasteiger partial charge on any atom is -0.381 e. The van der Waals surface area contributed by atoms with E-state index in [0.717, 1.165) is 31.3 Å². The van der Waals surface area contributed by atoms with Gasteiger partial charge in [-0.1, -0.05) is 19.4 Å². The quantitative estimate of drug-likeness (QED) is 0.794. The monoisotopic (exact) mass is 344 g/mol. The van der Waals surface area contributed by atoms with Crippen molar-refractivity contribution in [3.05, 3.63) is 11.6 Å². The van der Waals surface area contributed by atoms with Crippen molar-refractivity contribution in [1.82, 2.24) is 0 Å². The van der Waals surface area contributed by atoms with Crippen LogP contribution < -0.4 is 0 Å². The predicted molar refractivity (Wildman–Crippen MR) is 92.7 cm³/mol. The van der Waals surface area contributed by atoms with Gasteiger partial charge in [-0.15, -0.1) is 0 Å². The third-order valence-electron chi connectivity index (χ3n) is 8.39. The molecule has 0 aromatic heterocycles. The molecule has 0 aliphatic heterocycles. The van der Waals surface area contributed by atoms with Gasteiger partial charge >= 0.3 is 0 Å². The summed E-state index contributed by atoms with van der Waals surface area (Å²) in [6.07, 6.45) is 6.39. The van der Waals surface area contributed by atoms with E-state index in [-0.39, 0.29) is 46.9 Å². The Labute approximate surface area is 149 Å². The SMILES string of the molecule is CC(=O)[C@@]1(O)CC[C@H]2[C@@H]3CCC4=CC(=O)CC[C@]4(C)[C@H]3C(=O)C[C@@]21C. The van der Waals surface area contributed by atoms with Crippen molar-refractivity contribution in [3.63, 3.8) is 0 Å². The molecule has 0 aromatic rings. The van der Waals surface area contributed by atoms with E-state index in [9.17, 15) is 19.5 Å². The Balaban J connectivity index is 1.77. The van der Waals surface area contributed by atoms with E-state index in [0.29, 0.717) is 12.8 Å². The van der Waals surface area contributed by atoms with E-state index < -0.39 is 11.0 Å². The Morgan fingerprint density at radius 2 is 1.88 bits per heavy atom. The number of Topliss-reactive ketones (excluding diaryl/α,β-unsaturated/α-hetero) is 2. The van der Waals surface area contributed by atoms with E-state index in [4.69, 9.17) is 0 Å². The molecule has 4 rings (SSSR count). The van der Waals surface area contributed by atoms with Gasteiger partial charge in [0, 0.05) is 24.2 Å². The van der Waals surface area contributed by atoms with Gasteiger partial charge in [0.1, 0.15) is 11.4 Å². The first kappa shape index (κ1) is 17.1. The van der Waals surface area contributed by atoms with Crippen LogP contribution in [-0.4, -0.2) is 28.1 Å². The van der Waals surface area contributed by atoms with Crippen LogP contribution in [0.25, 0.3) is 0 Å². The van der Waals surface area contributed by atoms with Crippen LogP contribution in [0.2, 0.25) is 0 Å². The number of carbonyl (C=O) groups is 3. The summed E-state index contributed by atoms with van der Waals surface area (Å²) in [5, 5.41) is 11.1. The Bertz CT molecular complexity index is 707. The summed E-state index contributed by atoms with van der Waals surface area (Å²) in [7, 11) is 0. The van der Waals surface area contributed by atoms with E-state index in [1.54, 1.807) is 6.08 Å². The highest BCUT2D eigenvalue weighted by molar-refractivity contribution is 5.94. The van der Waals surface area contributed by atoms with Crippen molar-refractivity contribution < 1.29 is 19.5 Å². The van der Waals surface area contributed by atoms with Gasteiger partial charge in [-0.2, -0.15) is 0 Å². The number of hydrogen-bond acceptors (Lipinski definition) is 4. The molecule has 0 aromatic carbocycles. The highest BCUT2D eigenvalue weighted by Gasteiger charge is 2.67. The molecule has 4 nitrogen and oxygen atoms in total. The predicted octanol–water partition coefficient (Wildman–Crippen LogP) is 3.02. The van der Waals surface area contributed by atoms with Crippen LogP contribution in [0.4, 0.5) is 0 Å². The molecule has 0 amide bonds. The number of allylic oxidation sites excluding steroid dienone is 1. The summed E-state index contributed by atoms with van der Waals surface area (Å²) in [5.74, 6) is 0.538. The standard InChI is InChI=1S/C21H28O4/c1-12(22)21(25)9-7-16-15-5-4-13-10-14(23)6-8-19(13,2)18(15)17(24)11-20(16,21)3/h10,15-16,18,25H,4-9,11H2,1-3H3/t15-,16-,18+,19-,20-,21-/m0/s1. The topological polar surface area (TPSA) is 71.4 Å². The lowest BCUT2D eigenvalue weighted by Crippen LogP contribution is -2.60. The van der Waals surface area contributed by atoms with Gasteiger partial charge in [-0.3, -0.25) is 14.4 Å². The van der Waals surface area contributed by atoms with Gasteiger partial charge in [-0.05, 0) is 62.4 Å². The molecule has 0 bridgehead atoms. The Morgan fingerprint density at radius 3 is 2.56 bits per heavy atom. The van der Waals surface area contributed by atoms with Crippen LogP contribution in [0.3, 0.4) is 0 Å². The molecule has 0 heterocycles. The molecule has 25 heavy (non-hydrogen) atoms. The van der Waals surface area contributed by atoms with Gasteiger partial charge < -0.3 is 5.11 Å². The summed E-state index contributed by atoms with van der Waals surface area (Å²) in [6.45, 7) is 5.58. The molecular formula is C21H28O4. The second-order valence-electron chi connectivity index (χ2n) is 9.36. The summed E-state index contributed by atoms with van der Waals surface area (Å²) in [5.41, 5.74) is -1.06. The molecule has 1 N–H and O–H groups in total. The average Bonchev–Trinajstić information content (AvgIpc) is 2.80. The molecule has 0 spiro atoms. The smallest absolute Gasteiger partial charge is 0.161 e. The normalized spacial score (nSPS) is 49.1. The number of aliphatic hydroxyl groups is 1. The highest BCUT2D eigenvalue weighted by Crippen LogP contribution is 2.66. The lowest BCUT2D eigenvalue weighted by molar-refractivity contribution is -0.167. The first-order valence-electron chi connectivity index (χ1n) is 9.63. The Morgan fingerprint density at radius 1 is 1.16 bits per heavy atom. The van der Waals surface area contributed by atoms with E-state index >= 15 is 0 Å². The molecule has 0 radical (unpaired) electrons. The summed E-state index contributed by atoms with van der Waals surface area (Å²) in [6, 6.07) is 0. The summed E-state index contributed by atoms with van der Waals surface area (Å²) in [4.78, 5) is 37.4. The minimum absolute atomic E-state index is 0.0621. The minimum atomic E-state index is -1.36. The zero-order valence-corrected chi connectivity index (χ0v) is 15.4. The largest absolute Gasteiger partial charge is 0.381 e. The van der Waals surface area contributed by atoms with Gasteiger partial charge in [-0.25, -0.2) is 0 Å². The van der Waals surface area contributed by atoms with E-state index in [1.807, 2.05) is 6.92 Å². The molecule has 6 atom stereocenters. The number of carbonyl (C=O) groups excluding carboxylic acids is 3. The van der Waals surface area contributed by atoms with E-state index in [2.05, 4.69) is 6.92 Å². The number of fused-ring (bicyclic) bond motifs is 5. The maximum Gasteiger partial charge on any atom is 0.161 e. The molecule has 4 heteroatoms. The number of hydrogen-bond donors (Lipinski definition) is 1. The van der Waals surface area contributed by atoms with Crippen LogP contribution in [-0.2, 0) is 14.4 Å². The molecular weight excluding hydrogens is 316 g/mol. The molecule has 4 aliphatic carbocycles. The lowest BCUT2D eigenvalue weighted by atomic mass is 9.46. The molecule has 3 fully saturated rings. The zero-order chi connectivity index (χ0) is 18.2. The molecule has 4 aliphatic rings. The Kier molecular flexibility index (Phi) is 3.51. The van der Waals surface area contributed by atoms with Crippen LogP contribution in [0.1, 0.15) is 65.7 Å². The third-order valence-corrected chi connectivity index (χ3v) is 8.39. The van der Waals surface area contributed by atoms with E-state index in [1.165, 1.54) is 6.92 Å². The first-order valence-corrected chi connectivity index (χ1v) is 9.63. The number of ketones is 3. The average molecular weight is 344 g/mol. The molecule has 0 saturated heterocycles. The van der Waals surface area contributed by atoms with Crippen LogP contribution in [0.5, 0.6) is 0 Å². The lowest BCUT2D eigenvalue weighted by Gasteiger charge is -2.57. The second-order valence-corrected chi connectivity index (χ2v) is 9.36. The first-order chi connectivity index (χ1) is 11.6. The maximum absolute atomic E-state index is 13.3. The van der Waals surface area contributed by atoms with Crippen molar-refractivity contribution in [2.24, 2.45) is 28.6 Å². The van der Waals surface area contributed by atoms with Gasteiger partial charge in [0.25, 0.3) is 0 Å². The third kappa shape index (κ3) is 2.00. The second kappa shape index (κ2) is 5.12. The maximum atomic E-state index is 13.3. The molecule has 136 valence electrons. The fourth-order valence-corrected chi connectivity index (χ4v) is 6.97. The van der Waals surface area contributed by atoms with Crippen LogP contribution >= 0.6 is 0 Å². The van der Waals surface area contributed by atoms with Crippen molar-refractivity contribution in [1.29, 1.82) is 0 Å². The fourth-order valence-electron chi connectivity index (χ4n) is 6.97. The molecule has 0 unspecified atom stereocenters. The van der Waals surface area contributed by atoms with Gasteiger partial charge in [0.05, 0.1) is 0 Å². The zero-order valence-electron chi connectivity index (χ0n) is 15.4. The summed E-state index contributed by atoms with van der Waals surface area (Å²) < 4.78 is 0. The Hall–Kier alpha value is -1.29. The molecule has 3 saturated carbocycles. The van der Waals surface area contributed by atoms with Crippen molar-refractivity contribution in [3.8, 4) is 0 Å². The van der Waals surface area contributed by atoms with Crippen molar-refractivity contribution >= 4 is 17.3 Å². The highest BCUT2D eigenvalue weighted by atomic mass is 16.3.